The highest BCUT2D eigenvalue weighted by molar-refractivity contribution is 6.32. The molecule has 3 aromatic rings. The Hall–Kier alpha value is -3.85. The fourth-order valence-corrected chi connectivity index (χ4v) is 7.46. The Kier molecular flexibility index (Phi) is 21.2. The van der Waals surface area contributed by atoms with Gasteiger partial charge in [-0.15, -0.1) is 0 Å². The Bertz CT molecular complexity index is 2030. The van der Waals surface area contributed by atoms with E-state index in [2.05, 4.69) is 44.4 Å². The number of ketones is 2. The van der Waals surface area contributed by atoms with Gasteiger partial charge in [0.25, 0.3) is 0 Å². The molecular formula is C49H68ClF4N3O2. The van der Waals surface area contributed by atoms with E-state index in [1.54, 1.807) is 11.6 Å². The van der Waals surface area contributed by atoms with Crippen LogP contribution in [0, 0.1) is 23.7 Å². The SMILES string of the molecule is C=C(C)C(CCC(=O)CCC)C(C)C(C)C(=O)c1ccc(Cn2ncc(=C(/C(F)=C(\C)CCC)c3ncc(C(F)(F)F)cc3Cl)/c2=C\CC)cc1CC.CCC(C)CC. The van der Waals surface area contributed by atoms with Gasteiger partial charge in [0.1, 0.15) is 11.6 Å². The Morgan fingerprint density at radius 2 is 1.58 bits per heavy atom. The summed E-state index contributed by atoms with van der Waals surface area (Å²) in [6, 6.07) is 6.51. The second-order valence-electron chi connectivity index (χ2n) is 16.0. The van der Waals surface area contributed by atoms with Crippen LogP contribution in [0.1, 0.15) is 167 Å². The van der Waals surface area contributed by atoms with Gasteiger partial charge in [-0.3, -0.25) is 19.3 Å². The molecule has 0 fully saturated rings. The van der Waals surface area contributed by atoms with Crippen LogP contribution in [0.2, 0.25) is 5.02 Å². The van der Waals surface area contributed by atoms with E-state index in [1.807, 2.05) is 65.8 Å². The van der Waals surface area contributed by atoms with Crippen LogP contribution in [0.15, 0.2) is 60.2 Å². The lowest BCUT2D eigenvalue weighted by molar-refractivity contribution is -0.137. The summed E-state index contributed by atoms with van der Waals surface area (Å²) in [6.07, 6.45) is 6.87. The first-order valence-corrected chi connectivity index (χ1v) is 21.9. The molecule has 3 rings (SSSR count). The molecule has 2 aromatic heterocycles. The van der Waals surface area contributed by atoms with Crippen LogP contribution < -0.4 is 10.6 Å². The third-order valence-electron chi connectivity index (χ3n) is 11.4. The number of hydrogen-bond donors (Lipinski definition) is 0. The number of carbonyl (C=O) groups excluding carboxylic acids is 2. The molecule has 326 valence electrons. The lowest BCUT2D eigenvalue weighted by Gasteiger charge is -2.29. The maximum atomic E-state index is 16.4. The average molecular weight is 843 g/mol. The van der Waals surface area contributed by atoms with E-state index in [0.717, 1.165) is 35.1 Å². The number of hydrogen-bond acceptors (Lipinski definition) is 4. The second-order valence-corrected chi connectivity index (χ2v) is 16.5. The maximum Gasteiger partial charge on any atom is 0.417 e. The molecule has 10 heteroatoms. The molecular weight excluding hydrogens is 774 g/mol. The van der Waals surface area contributed by atoms with Crippen molar-refractivity contribution in [1.82, 2.24) is 14.8 Å². The summed E-state index contributed by atoms with van der Waals surface area (Å²) in [7, 11) is 0. The summed E-state index contributed by atoms with van der Waals surface area (Å²) >= 11 is 6.40. The van der Waals surface area contributed by atoms with Crippen molar-refractivity contribution in [2.45, 2.75) is 153 Å². The van der Waals surface area contributed by atoms with E-state index in [-0.39, 0.29) is 45.6 Å². The molecule has 5 nitrogen and oxygen atoms in total. The second kappa shape index (κ2) is 24.4. The molecule has 0 radical (unpaired) electrons. The Morgan fingerprint density at radius 3 is 2.08 bits per heavy atom. The number of alkyl halides is 3. The third-order valence-corrected chi connectivity index (χ3v) is 11.7. The van der Waals surface area contributed by atoms with Crippen LogP contribution in [0.5, 0.6) is 0 Å². The van der Waals surface area contributed by atoms with Crippen LogP contribution in [0.4, 0.5) is 17.6 Å². The van der Waals surface area contributed by atoms with Gasteiger partial charge in [0, 0.05) is 41.3 Å². The smallest absolute Gasteiger partial charge is 0.300 e. The van der Waals surface area contributed by atoms with Crippen molar-refractivity contribution in [3.8, 4) is 0 Å². The fraction of sp³-hybridized carbons (Fsp3) is 0.551. The van der Waals surface area contributed by atoms with Gasteiger partial charge < -0.3 is 0 Å². The van der Waals surface area contributed by atoms with Crippen molar-refractivity contribution < 1.29 is 27.2 Å². The summed E-state index contributed by atoms with van der Waals surface area (Å²) in [5.41, 5.74) is 2.67. The monoisotopic (exact) mass is 841 g/mol. The highest BCUT2D eigenvalue weighted by Crippen LogP contribution is 2.36. The third kappa shape index (κ3) is 14.4. The Morgan fingerprint density at radius 1 is 0.932 bits per heavy atom. The quantitative estimate of drug-likeness (QED) is 0.0646. The van der Waals surface area contributed by atoms with Crippen LogP contribution in [-0.4, -0.2) is 26.3 Å². The predicted octanol–water partition coefficient (Wildman–Crippen LogP) is 13.2. The van der Waals surface area contributed by atoms with Gasteiger partial charge in [-0.05, 0) is 86.5 Å². The minimum absolute atomic E-state index is 0.0121. The van der Waals surface area contributed by atoms with Gasteiger partial charge in [0.05, 0.1) is 34.4 Å². The molecule has 0 saturated heterocycles. The molecule has 59 heavy (non-hydrogen) atoms. The molecule has 0 aliphatic heterocycles. The normalized spacial score (nSPS) is 14.6. The maximum absolute atomic E-state index is 16.4. The highest BCUT2D eigenvalue weighted by atomic mass is 35.5. The van der Waals surface area contributed by atoms with Crippen LogP contribution in [-0.2, 0) is 23.9 Å². The van der Waals surface area contributed by atoms with Crippen molar-refractivity contribution in [3.63, 3.8) is 0 Å². The minimum Gasteiger partial charge on any atom is -0.300 e. The van der Waals surface area contributed by atoms with Crippen molar-refractivity contribution in [2.24, 2.45) is 23.7 Å². The van der Waals surface area contributed by atoms with E-state index >= 15 is 4.39 Å². The van der Waals surface area contributed by atoms with E-state index in [1.165, 1.54) is 19.0 Å². The Labute approximate surface area is 356 Å². The van der Waals surface area contributed by atoms with Crippen LogP contribution in [0.25, 0.3) is 11.6 Å². The van der Waals surface area contributed by atoms with Gasteiger partial charge in [-0.2, -0.15) is 18.3 Å². The first-order valence-electron chi connectivity index (χ1n) is 21.5. The number of Topliss-reactive ketones (excluding diaryl/α,β-unsaturated/α-hetero) is 2. The molecule has 0 saturated carbocycles. The molecule has 0 spiro atoms. The number of aryl methyl sites for hydroxylation is 1. The summed E-state index contributed by atoms with van der Waals surface area (Å²) in [6.45, 7) is 26.7. The summed E-state index contributed by atoms with van der Waals surface area (Å²) in [5, 5.41) is 5.24. The topological polar surface area (TPSA) is 64.8 Å². The van der Waals surface area contributed by atoms with E-state index < -0.39 is 17.6 Å². The number of halogens is 5. The molecule has 3 unspecified atom stereocenters. The van der Waals surface area contributed by atoms with Gasteiger partial charge in [-0.25, -0.2) is 4.39 Å². The standard InChI is InChI=1S/C43H54ClF4N3O2.C6H14/c1-10-14-27(7)40(45)39(41-37(44)22-32(23-49-41)43(46,47)48)36-24-50-51(38(36)16-12-3)25-30-17-19-35(31(13-4)21-30)42(53)29(9)28(8)34(26(5)6)20-18-33(52)15-11-2;1-4-6(3)5-2/h16-17,19,21-24,28-29,34H,5,10-15,18,20,25H2,1-4,6-9H3;6H,4-5H2,1-3H3/b38-16+,39-36+,40-27-;. The van der Waals surface area contributed by atoms with Crippen molar-refractivity contribution in [1.29, 1.82) is 0 Å². The van der Waals surface area contributed by atoms with Crippen molar-refractivity contribution in [2.75, 3.05) is 0 Å². The lowest BCUT2D eigenvalue weighted by Crippen LogP contribution is -2.32. The first kappa shape index (κ1) is 51.3. The molecule has 3 atom stereocenters. The molecule has 0 aliphatic rings. The number of carbonyl (C=O) groups is 2. The number of benzene rings is 1. The van der Waals surface area contributed by atoms with Crippen LogP contribution in [0.3, 0.4) is 0 Å². The van der Waals surface area contributed by atoms with Gasteiger partial charge in [0.15, 0.2) is 5.78 Å². The van der Waals surface area contributed by atoms with Gasteiger partial charge >= 0.3 is 6.18 Å². The molecule has 2 heterocycles. The van der Waals surface area contributed by atoms with E-state index in [4.69, 9.17) is 11.6 Å². The molecule has 0 amide bonds. The van der Waals surface area contributed by atoms with Crippen LogP contribution >= 0.6 is 11.6 Å². The number of pyridine rings is 1. The molecule has 1 aromatic carbocycles. The zero-order valence-electron chi connectivity index (χ0n) is 37.4. The first-order chi connectivity index (χ1) is 27.8. The fourth-order valence-electron chi connectivity index (χ4n) is 7.20. The van der Waals surface area contributed by atoms with Crippen molar-refractivity contribution >= 4 is 34.8 Å². The number of nitrogens with zero attached hydrogens (tertiary/aromatic N) is 3. The highest BCUT2D eigenvalue weighted by Gasteiger charge is 2.33. The average Bonchev–Trinajstić information content (AvgIpc) is 3.58. The summed E-state index contributed by atoms with van der Waals surface area (Å²) in [4.78, 5) is 30.3. The molecule has 0 N–H and O–H groups in total. The summed E-state index contributed by atoms with van der Waals surface area (Å²) in [5.74, 6) is 0.339. The zero-order chi connectivity index (χ0) is 44.6. The predicted molar refractivity (Wildman–Crippen MR) is 236 cm³/mol. The van der Waals surface area contributed by atoms with Crippen molar-refractivity contribution in [3.05, 3.63) is 104 Å². The number of rotatable bonds is 20. The van der Waals surface area contributed by atoms with E-state index in [9.17, 15) is 22.8 Å². The zero-order valence-corrected chi connectivity index (χ0v) is 38.1. The molecule has 0 bridgehead atoms. The van der Waals surface area contributed by atoms with E-state index in [0.29, 0.717) is 79.4 Å². The van der Waals surface area contributed by atoms with Gasteiger partial charge in [-0.1, -0.05) is 130 Å². The Balaban J connectivity index is 0.00000185. The minimum atomic E-state index is -4.66. The summed E-state index contributed by atoms with van der Waals surface area (Å²) < 4.78 is 58.5. The largest absolute Gasteiger partial charge is 0.417 e. The number of allylic oxidation sites excluding steroid dienone is 3. The number of aromatic nitrogens is 3. The molecule has 0 aliphatic carbocycles. The lowest BCUT2D eigenvalue weighted by atomic mass is 9.74. The van der Waals surface area contributed by atoms with Gasteiger partial charge in [0.2, 0.25) is 0 Å².